The fraction of sp³-hybridized carbons (Fsp3) is 0.467. The molecule has 1 aliphatic carbocycles. The van der Waals surface area contributed by atoms with Crippen molar-refractivity contribution in [3.05, 3.63) is 24.3 Å². The third kappa shape index (κ3) is 2.41. The second-order valence-electron chi connectivity index (χ2n) is 5.32. The van der Waals surface area contributed by atoms with E-state index in [2.05, 4.69) is 20.9 Å². The first-order valence-corrected chi connectivity index (χ1v) is 7.26. The van der Waals surface area contributed by atoms with Gasteiger partial charge in [0.2, 0.25) is 11.9 Å². The molecule has 1 fully saturated rings. The SMILES string of the molecule is NCCC(=O)Nc1nc2ccccc2n1C1CCCC1. The van der Waals surface area contributed by atoms with Crippen molar-refractivity contribution in [2.24, 2.45) is 5.73 Å². The summed E-state index contributed by atoms with van der Waals surface area (Å²) in [5, 5.41) is 2.91. The van der Waals surface area contributed by atoms with Gasteiger partial charge in [0, 0.05) is 19.0 Å². The Morgan fingerprint density at radius 3 is 2.85 bits per heavy atom. The third-order valence-corrected chi connectivity index (χ3v) is 3.91. The molecule has 0 bridgehead atoms. The summed E-state index contributed by atoms with van der Waals surface area (Å²) in [5.74, 6) is 0.596. The van der Waals surface area contributed by atoms with Crippen LogP contribution in [0.3, 0.4) is 0 Å². The maximum absolute atomic E-state index is 11.8. The summed E-state index contributed by atoms with van der Waals surface area (Å²) in [6, 6.07) is 8.48. The molecule has 0 aliphatic heterocycles. The van der Waals surface area contributed by atoms with Crippen molar-refractivity contribution >= 4 is 22.9 Å². The number of anilines is 1. The summed E-state index contributed by atoms with van der Waals surface area (Å²) in [6.45, 7) is 0.357. The Morgan fingerprint density at radius 2 is 2.10 bits per heavy atom. The minimum Gasteiger partial charge on any atom is -0.330 e. The van der Waals surface area contributed by atoms with Gasteiger partial charge in [-0.3, -0.25) is 10.1 Å². The number of nitrogens with zero attached hydrogens (tertiary/aromatic N) is 2. The molecule has 0 unspecified atom stereocenters. The molecule has 5 heteroatoms. The van der Waals surface area contributed by atoms with Crippen LogP contribution in [0.2, 0.25) is 0 Å². The van der Waals surface area contributed by atoms with Crippen LogP contribution in [0.15, 0.2) is 24.3 Å². The van der Waals surface area contributed by atoms with Crippen LogP contribution in [0.4, 0.5) is 5.95 Å². The number of aromatic nitrogens is 2. The molecular formula is C15H20N4O. The Hall–Kier alpha value is -1.88. The number of amides is 1. The largest absolute Gasteiger partial charge is 0.330 e. The van der Waals surface area contributed by atoms with Gasteiger partial charge in [0.25, 0.3) is 0 Å². The lowest BCUT2D eigenvalue weighted by Crippen LogP contribution is -2.20. The molecule has 106 valence electrons. The lowest BCUT2D eigenvalue weighted by Gasteiger charge is -2.16. The van der Waals surface area contributed by atoms with E-state index in [9.17, 15) is 4.79 Å². The van der Waals surface area contributed by atoms with E-state index < -0.39 is 0 Å². The van der Waals surface area contributed by atoms with Gasteiger partial charge in [-0.2, -0.15) is 0 Å². The topological polar surface area (TPSA) is 72.9 Å². The summed E-state index contributed by atoms with van der Waals surface area (Å²) in [6.07, 6.45) is 5.12. The maximum atomic E-state index is 11.8. The Balaban J connectivity index is 2.00. The minimum atomic E-state index is -0.0675. The third-order valence-electron chi connectivity index (χ3n) is 3.91. The Bertz CT molecular complexity index is 613. The van der Waals surface area contributed by atoms with E-state index in [1.54, 1.807) is 0 Å². The second-order valence-corrected chi connectivity index (χ2v) is 5.32. The van der Waals surface area contributed by atoms with E-state index in [1.165, 1.54) is 12.8 Å². The van der Waals surface area contributed by atoms with E-state index in [1.807, 2.05) is 18.2 Å². The van der Waals surface area contributed by atoms with Gasteiger partial charge in [-0.25, -0.2) is 4.98 Å². The maximum Gasteiger partial charge on any atom is 0.227 e. The van der Waals surface area contributed by atoms with Crippen LogP contribution in [0, 0.1) is 0 Å². The van der Waals surface area contributed by atoms with Gasteiger partial charge in [0.1, 0.15) is 0 Å². The summed E-state index contributed by atoms with van der Waals surface area (Å²) in [4.78, 5) is 16.4. The lowest BCUT2D eigenvalue weighted by molar-refractivity contribution is -0.116. The van der Waals surface area contributed by atoms with Crippen LogP contribution in [0.5, 0.6) is 0 Å². The highest BCUT2D eigenvalue weighted by Crippen LogP contribution is 2.35. The molecule has 1 aliphatic rings. The van der Waals surface area contributed by atoms with E-state index in [0.29, 0.717) is 25.0 Å². The van der Waals surface area contributed by atoms with Gasteiger partial charge in [-0.05, 0) is 25.0 Å². The van der Waals surface area contributed by atoms with E-state index in [4.69, 9.17) is 5.73 Å². The molecule has 20 heavy (non-hydrogen) atoms. The minimum absolute atomic E-state index is 0.0675. The van der Waals surface area contributed by atoms with Crippen LogP contribution in [0.1, 0.15) is 38.1 Å². The number of hydrogen-bond acceptors (Lipinski definition) is 3. The molecular weight excluding hydrogens is 252 g/mol. The first-order chi connectivity index (χ1) is 9.79. The number of imidazole rings is 1. The highest BCUT2D eigenvalue weighted by atomic mass is 16.1. The first-order valence-electron chi connectivity index (χ1n) is 7.26. The quantitative estimate of drug-likeness (QED) is 0.897. The molecule has 0 saturated heterocycles. The number of fused-ring (bicyclic) bond motifs is 1. The molecule has 0 atom stereocenters. The standard InChI is InChI=1S/C15H20N4O/c16-10-9-14(20)18-15-17-12-7-3-4-8-13(12)19(15)11-5-1-2-6-11/h3-4,7-8,11H,1-2,5-6,9-10,16H2,(H,17,18,20). The lowest BCUT2D eigenvalue weighted by atomic mass is 10.2. The fourth-order valence-corrected chi connectivity index (χ4v) is 2.98. The van der Waals surface area contributed by atoms with Gasteiger partial charge in [0.15, 0.2) is 0 Å². The van der Waals surface area contributed by atoms with Gasteiger partial charge in [-0.1, -0.05) is 25.0 Å². The molecule has 1 aromatic heterocycles. The average molecular weight is 272 g/mol. The van der Waals surface area contributed by atoms with Gasteiger partial charge in [0.05, 0.1) is 11.0 Å². The average Bonchev–Trinajstić information content (AvgIpc) is 3.04. The molecule has 0 spiro atoms. The highest BCUT2D eigenvalue weighted by Gasteiger charge is 2.23. The molecule has 1 heterocycles. The van der Waals surface area contributed by atoms with Crippen LogP contribution in [-0.2, 0) is 4.79 Å². The zero-order valence-corrected chi connectivity index (χ0v) is 11.5. The molecule has 0 radical (unpaired) electrons. The molecule has 1 saturated carbocycles. The van der Waals surface area contributed by atoms with E-state index in [0.717, 1.165) is 23.9 Å². The van der Waals surface area contributed by atoms with Crippen molar-refractivity contribution in [2.45, 2.75) is 38.1 Å². The van der Waals surface area contributed by atoms with Gasteiger partial charge >= 0.3 is 0 Å². The summed E-state index contributed by atoms with van der Waals surface area (Å²) < 4.78 is 2.19. The monoisotopic (exact) mass is 272 g/mol. The fourth-order valence-electron chi connectivity index (χ4n) is 2.98. The molecule has 2 aromatic rings. The number of rotatable bonds is 4. The molecule has 5 nitrogen and oxygen atoms in total. The normalized spacial score (nSPS) is 15.8. The predicted molar refractivity (Wildman–Crippen MR) is 79.5 cm³/mol. The highest BCUT2D eigenvalue weighted by molar-refractivity contribution is 5.91. The number of hydrogen-bond donors (Lipinski definition) is 2. The van der Waals surface area contributed by atoms with Crippen molar-refractivity contribution in [1.29, 1.82) is 0 Å². The number of carbonyl (C=O) groups is 1. The van der Waals surface area contributed by atoms with Crippen molar-refractivity contribution in [3.63, 3.8) is 0 Å². The zero-order chi connectivity index (χ0) is 13.9. The molecule has 1 amide bonds. The number of benzene rings is 1. The second kappa shape index (κ2) is 5.63. The Kier molecular flexibility index (Phi) is 3.69. The number of nitrogens with one attached hydrogen (secondary N) is 1. The predicted octanol–water partition coefficient (Wildman–Crippen LogP) is 2.44. The van der Waals surface area contributed by atoms with Crippen LogP contribution in [-0.4, -0.2) is 22.0 Å². The first kappa shape index (κ1) is 13.1. The molecule has 1 aromatic carbocycles. The summed E-state index contributed by atoms with van der Waals surface area (Å²) >= 11 is 0. The number of para-hydroxylation sites is 2. The van der Waals surface area contributed by atoms with Gasteiger partial charge in [-0.15, -0.1) is 0 Å². The molecule has 3 N–H and O–H groups in total. The Labute approximate surface area is 118 Å². The van der Waals surface area contributed by atoms with Crippen molar-refractivity contribution in [3.8, 4) is 0 Å². The van der Waals surface area contributed by atoms with Crippen molar-refractivity contribution < 1.29 is 4.79 Å². The van der Waals surface area contributed by atoms with Gasteiger partial charge < -0.3 is 10.3 Å². The zero-order valence-electron chi connectivity index (χ0n) is 11.5. The smallest absolute Gasteiger partial charge is 0.227 e. The summed E-state index contributed by atoms with van der Waals surface area (Å²) in [5.41, 5.74) is 7.46. The summed E-state index contributed by atoms with van der Waals surface area (Å²) in [7, 11) is 0. The number of nitrogens with two attached hydrogens (primary N) is 1. The van der Waals surface area contributed by atoms with E-state index in [-0.39, 0.29) is 5.91 Å². The van der Waals surface area contributed by atoms with Crippen LogP contribution >= 0.6 is 0 Å². The van der Waals surface area contributed by atoms with Crippen molar-refractivity contribution in [1.82, 2.24) is 9.55 Å². The van der Waals surface area contributed by atoms with Crippen molar-refractivity contribution in [2.75, 3.05) is 11.9 Å². The van der Waals surface area contributed by atoms with E-state index >= 15 is 0 Å². The Morgan fingerprint density at radius 1 is 1.35 bits per heavy atom. The molecule has 3 rings (SSSR count). The van der Waals surface area contributed by atoms with Crippen LogP contribution in [0.25, 0.3) is 11.0 Å². The number of carbonyl (C=O) groups excluding carboxylic acids is 1. The van der Waals surface area contributed by atoms with Crippen LogP contribution < -0.4 is 11.1 Å².